The second-order valence-corrected chi connectivity index (χ2v) is 6.93. The fraction of sp³-hybridized carbons (Fsp3) is 0.353. The van der Waals surface area contributed by atoms with E-state index in [-0.39, 0.29) is 23.9 Å². The van der Waals surface area contributed by atoms with E-state index in [2.05, 4.69) is 4.98 Å². The highest BCUT2D eigenvalue weighted by molar-refractivity contribution is 7.12. The summed E-state index contributed by atoms with van der Waals surface area (Å²) in [6, 6.07) is 7.76. The van der Waals surface area contributed by atoms with E-state index in [4.69, 9.17) is 0 Å². The molecule has 0 unspecified atom stereocenters. The predicted octanol–water partition coefficient (Wildman–Crippen LogP) is 2.16. The number of carbonyl (C=O) groups excluding carboxylic acids is 2. The molecule has 2 aliphatic rings. The van der Waals surface area contributed by atoms with Gasteiger partial charge in [0, 0.05) is 31.9 Å². The van der Waals surface area contributed by atoms with Gasteiger partial charge >= 0.3 is 0 Å². The van der Waals surface area contributed by atoms with Gasteiger partial charge in [0.2, 0.25) is 5.91 Å². The van der Waals surface area contributed by atoms with Gasteiger partial charge in [-0.15, -0.1) is 11.3 Å². The van der Waals surface area contributed by atoms with E-state index in [1.54, 1.807) is 12.4 Å². The van der Waals surface area contributed by atoms with Gasteiger partial charge in [-0.1, -0.05) is 6.07 Å². The summed E-state index contributed by atoms with van der Waals surface area (Å²) in [6.45, 7) is 1.33. The fourth-order valence-corrected chi connectivity index (χ4v) is 4.29. The molecule has 118 valence electrons. The molecule has 2 aliphatic heterocycles. The van der Waals surface area contributed by atoms with Crippen LogP contribution in [0.25, 0.3) is 0 Å². The lowest BCUT2D eigenvalue weighted by molar-refractivity contribution is -0.129. The van der Waals surface area contributed by atoms with Crippen LogP contribution < -0.4 is 0 Å². The molecule has 2 aromatic rings. The quantitative estimate of drug-likeness (QED) is 0.868. The average molecular weight is 327 g/mol. The summed E-state index contributed by atoms with van der Waals surface area (Å²) in [6.07, 6.45) is 4.79. The number of rotatable bonds is 3. The minimum atomic E-state index is 0.0129. The van der Waals surface area contributed by atoms with Crippen LogP contribution >= 0.6 is 11.3 Å². The first kappa shape index (κ1) is 14.4. The second-order valence-electron chi connectivity index (χ2n) is 5.98. The Hall–Kier alpha value is -2.21. The molecule has 23 heavy (non-hydrogen) atoms. The minimum absolute atomic E-state index is 0.0129. The van der Waals surface area contributed by atoms with E-state index in [0.29, 0.717) is 13.0 Å². The number of hydrogen-bond donors (Lipinski definition) is 0. The zero-order chi connectivity index (χ0) is 15.8. The summed E-state index contributed by atoms with van der Waals surface area (Å²) < 4.78 is 0. The zero-order valence-corrected chi connectivity index (χ0v) is 13.4. The molecule has 4 heterocycles. The number of fused-ring (bicyclic) bond motifs is 1. The largest absolute Gasteiger partial charge is 0.333 e. The maximum absolute atomic E-state index is 12.6. The predicted molar refractivity (Wildman–Crippen MR) is 87.0 cm³/mol. The van der Waals surface area contributed by atoms with Gasteiger partial charge in [-0.05, 0) is 35.6 Å². The fourth-order valence-electron chi connectivity index (χ4n) is 3.61. The highest BCUT2D eigenvalue weighted by atomic mass is 32.1. The lowest BCUT2D eigenvalue weighted by Crippen LogP contribution is -2.39. The molecule has 6 heteroatoms. The molecule has 5 nitrogen and oxygen atoms in total. The van der Waals surface area contributed by atoms with Crippen molar-refractivity contribution >= 4 is 23.2 Å². The maximum atomic E-state index is 12.6. The Morgan fingerprint density at radius 2 is 2.09 bits per heavy atom. The van der Waals surface area contributed by atoms with E-state index in [0.717, 1.165) is 23.4 Å². The van der Waals surface area contributed by atoms with E-state index in [1.807, 2.05) is 39.4 Å². The lowest BCUT2D eigenvalue weighted by Gasteiger charge is -2.25. The minimum Gasteiger partial charge on any atom is -0.333 e. The van der Waals surface area contributed by atoms with Crippen molar-refractivity contribution in [2.75, 3.05) is 6.54 Å². The standard InChI is InChI=1S/C17H17N3O2S/c21-16-10-14-13(20(16)11-12-3-6-18-7-4-12)5-8-19(14)17(22)15-2-1-9-23-15/h1-4,6-7,9,13-14H,5,8,10-11H2/t13-,14+/m0/s1. The van der Waals surface area contributed by atoms with Crippen LogP contribution in [0, 0.1) is 0 Å². The van der Waals surface area contributed by atoms with Gasteiger partial charge in [0.15, 0.2) is 0 Å². The van der Waals surface area contributed by atoms with Crippen LogP contribution in [0.1, 0.15) is 28.1 Å². The molecular weight excluding hydrogens is 310 g/mol. The van der Waals surface area contributed by atoms with Crippen molar-refractivity contribution in [2.45, 2.75) is 31.5 Å². The number of nitrogens with zero attached hydrogens (tertiary/aromatic N) is 3. The van der Waals surface area contributed by atoms with Crippen molar-refractivity contribution in [3.8, 4) is 0 Å². The number of amides is 2. The molecule has 2 atom stereocenters. The van der Waals surface area contributed by atoms with E-state index >= 15 is 0 Å². The maximum Gasteiger partial charge on any atom is 0.264 e. The van der Waals surface area contributed by atoms with Gasteiger partial charge in [0.25, 0.3) is 5.91 Å². The first-order chi connectivity index (χ1) is 11.2. The first-order valence-corrected chi connectivity index (χ1v) is 8.65. The van der Waals surface area contributed by atoms with Gasteiger partial charge in [0.05, 0.1) is 17.0 Å². The Morgan fingerprint density at radius 1 is 1.26 bits per heavy atom. The molecule has 2 amide bonds. The molecule has 0 aromatic carbocycles. The van der Waals surface area contributed by atoms with Gasteiger partial charge in [-0.3, -0.25) is 14.6 Å². The smallest absolute Gasteiger partial charge is 0.264 e. The highest BCUT2D eigenvalue weighted by Gasteiger charge is 2.48. The van der Waals surface area contributed by atoms with Crippen molar-refractivity contribution in [3.63, 3.8) is 0 Å². The third-order valence-electron chi connectivity index (χ3n) is 4.71. The number of thiophene rings is 1. The summed E-state index contributed by atoms with van der Waals surface area (Å²) in [5, 5.41) is 1.91. The Bertz CT molecular complexity index is 717. The lowest BCUT2D eigenvalue weighted by atomic mass is 10.1. The van der Waals surface area contributed by atoms with Crippen LogP contribution in [0.15, 0.2) is 42.0 Å². The molecule has 2 aromatic heterocycles. The molecule has 2 fully saturated rings. The highest BCUT2D eigenvalue weighted by Crippen LogP contribution is 2.34. The summed E-state index contributed by atoms with van der Waals surface area (Å²) in [7, 11) is 0. The van der Waals surface area contributed by atoms with Crippen LogP contribution in [0.2, 0.25) is 0 Å². The number of carbonyl (C=O) groups is 2. The van der Waals surface area contributed by atoms with Gasteiger partial charge < -0.3 is 9.80 Å². The third kappa shape index (κ3) is 2.53. The Balaban J connectivity index is 1.52. The molecule has 0 N–H and O–H groups in total. The second kappa shape index (κ2) is 5.77. The normalized spacial score (nSPS) is 23.4. The molecule has 0 aliphatic carbocycles. The van der Waals surface area contributed by atoms with Crippen molar-refractivity contribution in [2.24, 2.45) is 0 Å². The van der Waals surface area contributed by atoms with Crippen molar-refractivity contribution in [3.05, 3.63) is 52.5 Å². The van der Waals surface area contributed by atoms with Crippen LogP contribution in [0.5, 0.6) is 0 Å². The van der Waals surface area contributed by atoms with E-state index in [9.17, 15) is 9.59 Å². The molecular formula is C17H17N3O2S. The van der Waals surface area contributed by atoms with Crippen LogP contribution in [0.3, 0.4) is 0 Å². The summed E-state index contributed by atoms with van der Waals surface area (Å²) in [5.41, 5.74) is 1.08. The molecule has 0 spiro atoms. The first-order valence-electron chi connectivity index (χ1n) is 7.77. The molecule has 0 saturated carbocycles. The summed E-state index contributed by atoms with van der Waals surface area (Å²) in [4.78, 5) is 33.6. The molecule has 0 radical (unpaired) electrons. The van der Waals surface area contributed by atoms with Crippen LogP contribution in [-0.4, -0.2) is 45.2 Å². The van der Waals surface area contributed by atoms with Crippen molar-refractivity contribution in [1.82, 2.24) is 14.8 Å². The average Bonchev–Trinajstić information content (AvgIpc) is 3.27. The third-order valence-corrected chi connectivity index (χ3v) is 5.57. The van der Waals surface area contributed by atoms with Crippen LogP contribution in [-0.2, 0) is 11.3 Å². The molecule has 4 rings (SSSR count). The van der Waals surface area contributed by atoms with Crippen LogP contribution in [0.4, 0.5) is 0 Å². The monoisotopic (exact) mass is 327 g/mol. The SMILES string of the molecule is O=C(c1cccs1)N1CC[C@H]2[C@H]1CC(=O)N2Cc1ccncc1. The molecule has 0 bridgehead atoms. The number of hydrogen-bond acceptors (Lipinski definition) is 4. The number of pyridine rings is 1. The summed E-state index contributed by atoms with van der Waals surface area (Å²) in [5.74, 6) is 0.201. The Labute approximate surface area is 138 Å². The van der Waals surface area contributed by atoms with Crippen molar-refractivity contribution < 1.29 is 9.59 Å². The van der Waals surface area contributed by atoms with E-state index < -0.39 is 0 Å². The summed E-state index contributed by atoms with van der Waals surface area (Å²) >= 11 is 1.46. The number of likely N-dealkylation sites (tertiary alicyclic amines) is 2. The number of aromatic nitrogens is 1. The van der Waals surface area contributed by atoms with Gasteiger partial charge in [-0.25, -0.2) is 0 Å². The Kier molecular flexibility index (Phi) is 3.61. The van der Waals surface area contributed by atoms with Gasteiger partial charge in [0.1, 0.15) is 0 Å². The van der Waals surface area contributed by atoms with Crippen molar-refractivity contribution in [1.29, 1.82) is 0 Å². The van der Waals surface area contributed by atoms with E-state index in [1.165, 1.54) is 11.3 Å². The zero-order valence-electron chi connectivity index (χ0n) is 12.6. The molecule has 2 saturated heterocycles. The Morgan fingerprint density at radius 3 is 2.83 bits per heavy atom. The van der Waals surface area contributed by atoms with Gasteiger partial charge in [-0.2, -0.15) is 0 Å². The topological polar surface area (TPSA) is 53.5 Å².